The Balaban J connectivity index is 4.06. The SMILES string of the molecule is CCCC(CBr)(CCC)COC. The highest BCUT2D eigenvalue weighted by Gasteiger charge is 2.26. The van der Waals surface area contributed by atoms with Crippen molar-refractivity contribution >= 4 is 15.9 Å². The number of hydrogen-bond acceptors (Lipinski definition) is 1. The van der Waals surface area contributed by atoms with Crippen LogP contribution < -0.4 is 0 Å². The Morgan fingerprint density at radius 1 is 1.17 bits per heavy atom. The van der Waals surface area contributed by atoms with Crippen LogP contribution in [0.25, 0.3) is 0 Å². The van der Waals surface area contributed by atoms with Gasteiger partial charge in [-0.05, 0) is 12.8 Å². The molecule has 0 heterocycles. The Bertz CT molecular complexity index is 87.0. The fraction of sp³-hybridized carbons (Fsp3) is 1.00. The molecule has 0 spiro atoms. The molecule has 0 aliphatic heterocycles. The third-order valence-electron chi connectivity index (χ3n) is 2.29. The summed E-state index contributed by atoms with van der Waals surface area (Å²) in [5, 5.41) is 1.06. The first-order chi connectivity index (χ1) is 5.74. The second kappa shape index (κ2) is 6.90. The molecule has 0 N–H and O–H groups in total. The fourth-order valence-electron chi connectivity index (χ4n) is 1.81. The quantitative estimate of drug-likeness (QED) is 0.614. The molecule has 0 atom stereocenters. The van der Waals surface area contributed by atoms with E-state index in [-0.39, 0.29) is 0 Å². The Kier molecular flexibility index (Phi) is 7.16. The molecule has 12 heavy (non-hydrogen) atoms. The number of ether oxygens (including phenoxy) is 1. The van der Waals surface area contributed by atoms with Crippen molar-refractivity contribution in [3.05, 3.63) is 0 Å². The summed E-state index contributed by atoms with van der Waals surface area (Å²) in [7, 11) is 1.79. The van der Waals surface area contributed by atoms with E-state index in [9.17, 15) is 0 Å². The van der Waals surface area contributed by atoms with E-state index < -0.39 is 0 Å². The van der Waals surface area contributed by atoms with Crippen molar-refractivity contribution < 1.29 is 4.74 Å². The number of methoxy groups -OCH3 is 1. The van der Waals surface area contributed by atoms with Crippen LogP contribution in [0.2, 0.25) is 0 Å². The summed E-state index contributed by atoms with van der Waals surface area (Å²) in [6, 6.07) is 0. The van der Waals surface area contributed by atoms with Gasteiger partial charge in [-0.15, -0.1) is 0 Å². The molecular formula is C10H21BrO. The molecule has 0 unspecified atom stereocenters. The zero-order valence-electron chi connectivity index (χ0n) is 8.53. The van der Waals surface area contributed by atoms with Crippen molar-refractivity contribution in [2.24, 2.45) is 5.41 Å². The van der Waals surface area contributed by atoms with Crippen molar-refractivity contribution in [2.75, 3.05) is 19.0 Å². The first-order valence-electron chi connectivity index (χ1n) is 4.79. The van der Waals surface area contributed by atoms with Crippen LogP contribution in [-0.2, 0) is 4.74 Å². The summed E-state index contributed by atoms with van der Waals surface area (Å²) < 4.78 is 5.27. The second-order valence-electron chi connectivity index (χ2n) is 3.57. The summed E-state index contributed by atoms with van der Waals surface area (Å²) in [6.07, 6.45) is 5.02. The van der Waals surface area contributed by atoms with Gasteiger partial charge >= 0.3 is 0 Å². The molecule has 0 saturated carbocycles. The summed E-state index contributed by atoms with van der Waals surface area (Å²) in [6.45, 7) is 5.37. The largest absolute Gasteiger partial charge is 0.384 e. The average molecular weight is 237 g/mol. The van der Waals surface area contributed by atoms with Crippen LogP contribution in [-0.4, -0.2) is 19.0 Å². The Morgan fingerprint density at radius 2 is 1.67 bits per heavy atom. The minimum Gasteiger partial charge on any atom is -0.384 e. The predicted molar refractivity (Wildman–Crippen MR) is 57.9 cm³/mol. The minimum atomic E-state index is 0.387. The topological polar surface area (TPSA) is 9.23 Å². The van der Waals surface area contributed by atoms with E-state index in [1.54, 1.807) is 7.11 Å². The fourth-order valence-corrected chi connectivity index (χ4v) is 2.53. The summed E-state index contributed by atoms with van der Waals surface area (Å²) in [4.78, 5) is 0. The molecule has 0 aromatic heterocycles. The molecule has 0 rings (SSSR count). The lowest BCUT2D eigenvalue weighted by molar-refractivity contribution is 0.0818. The van der Waals surface area contributed by atoms with Gasteiger partial charge < -0.3 is 4.74 Å². The minimum absolute atomic E-state index is 0.387. The van der Waals surface area contributed by atoms with E-state index in [1.165, 1.54) is 25.7 Å². The Morgan fingerprint density at radius 3 is 1.92 bits per heavy atom. The zero-order valence-corrected chi connectivity index (χ0v) is 10.1. The molecule has 74 valence electrons. The smallest absolute Gasteiger partial charge is 0.0526 e. The zero-order chi connectivity index (χ0) is 9.45. The van der Waals surface area contributed by atoms with Gasteiger partial charge in [-0.2, -0.15) is 0 Å². The molecule has 0 aromatic carbocycles. The highest BCUT2D eigenvalue weighted by atomic mass is 79.9. The summed E-state index contributed by atoms with van der Waals surface area (Å²) in [5.74, 6) is 0. The van der Waals surface area contributed by atoms with E-state index in [0.717, 1.165) is 11.9 Å². The normalized spacial score (nSPS) is 12.0. The van der Waals surface area contributed by atoms with Crippen molar-refractivity contribution in [2.45, 2.75) is 39.5 Å². The standard InChI is InChI=1S/C10H21BrO/c1-4-6-10(8-11,7-5-2)9-12-3/h4-9H2,1-3H3. The predicted octanol–water partition coefficient (Wildman–Crippen LogP) is 3.61. The lowest BCUT2D eigenvalue weighted by Crippen LogP contribution is -2.28. The van der Waals surface area contributed by atoms with Crippen LogP contribution in [0.4, 0.5) is 0 Å². The maximum atomic E-state index is 5.27. The number of rotatable bonds is 7. The highest BCUT2D eigenvalue weighted by Crippen LogP contribution is 2.32. The van der Waals surface area contributed by atoms with Crippen LogP contribution in [0.15, 0.2) is 0 Å². The molecule has 2 heteroatoms. The van der Waals surface area contributed by atoms with E-state index in [0.29, 0.717) is 5.41 Å². The van der Waals surface area contributed by atoms with Gasteiger partial charge in [0.2, 0.25) is 0 Å². The summed E-state index contributed by atoms with van der Waals surface area (Å²) in [5.41, 5.74) is 0.387. The number of alkyl halides is 1. The third kappa shape index (κ3) is 3.90. The maximum Gasteiger partial charge on any atom is 0.0526 e. The molecule has 0 amide bonds. The van der Waals surface area contributed by atoms with Crippen LogP contribution in [0, 0.1) is 5.41 Å². The number of hydrogen-bond donors (Lipinski definition) is 0. The van der Waals surface area contributed by atoms with Gasteiger partial charge in [0.1, 0.15) is 0 Å². The van der Waals surface area contributed by atoms with E-state index in [2.05, 4.69) is 29.8 Å². The van der Waals surface area contributed by atoms with E-state index in [4.69, 9.17) is 4.74 Å². The lowest BCUT2D eigenvalue weighted by Gasteiger charge is -2.30. The Hall–Kier alpha value is 0.440. The van der Waals surface area contributed by atoms with Crippen molar-refractivity contribution in [1.29, 1.82) is 0 Å². The van der Waals surface area contributed by atoms with Gasteiger partial charge in [0, 0.05) is 17.9 Å². The van der Waals surface area contributed by atoms with Gasteiger partial charge in [-0.3, -0.25) is 0 Å². The van der Waals surface area contributed by atoms with E-state index >= 15 is 0 Å². The molecule has 1 nitrogen and oxygen atoms in total. The van der Waals surface area contributed by atoms with E-state index in [1.807, 2.05) is 0 Å². The van der Waals surface area contributed by atoms with Crippen LogP contribution >= 0.6 is 15.9 Å². The molecule has 0 saturated heterocycles. The first-order valence-corrected chi connectivity index (χ1v) is 5.91. The second-order valence-corrected chi connectivity index (χ2v) is 4.13. The Labute approximate surface area is 85.0 Å². The third-order valence-corrected chi connectivity index (χ3v) is 3.48. The molecule has 0 aromatic rings. The van der Waals surface area contributed by atoms with Crippen LogP contribution in [0.3, 0.4) is 0 Å². The molecule has 0 bridgehead atoms. The maximum absolute atomic E-state index is 5.27. The van der Waals surface area contributed by atoms with Gasteiger partial charge in [-0.25, -0.2) is 0 Å². The molecule has 0 aliphatic carbocycles. The van der Waals surface area contributed by atoms with Crippen molar-refractivity contribution in [1.82, 2.24) is 0 Å². The summed E-state index contributed by atoms with van der Waals surface area (Å²) >= 11 is 3.60. The highest BCUT2D eigenvalue weighted by molar-refractivity contribution is 9.09. The van der Waals surface area contributed by atoms with Gasteiger partial charge in [0.25, 0.3) is 0 Å². The van der Waals surface area contributed by atoms with Gasteiger partial charge in [0.05, 0.1) is 6.61 Å². The molecule has 0 aliphatic rings. The number of halogens is 1. The monoisotopic (exact) mass is 236 g/mol. The van der Waals surface area contributed by atoms with Crippen molar-refractivity contribution in [3.63, 3.8) is 0 Å². The van der Waals surface area contributed by atoms with Crippen LogP contribution in [0.1, 0.15) is 39.5 Å². The average Bonchev–Trinajstić information content (AvgIpc) is 2.06. The lowest BCUT2D eigenvalue weighted by atomic mass is 9.82. The van der Waals surface area contributed by atoms with Gasteiger partial charge in [0.15, 0.2) is 0 Å². The van der Waals surface area contributed by atoms with Gasteiger partial charge in [-0.1, -0.05) is 42.6 Å². The molecule has 0 radical (unpaired) electrons. The molecule has 0 fully saturated rings. The van der Waals surface area contributed by atoms with Crippen molar-refractivity contribution in [3.8, 4) is 0 Å². The first kappa shape index (κ1) is 12.4. The van der Waals surface area contributed by atoms with Crippen LogP contribution in [0.5, 0.6) is 0 Å². The molecular weight excluding hydrogens is 216 g/mol.